The lowest BCUT2D eigenvalue weighted by Crippen LogP contribution is -2.48. The Balaban J connectivity index is 1.49. The molecule has 24 heavy (non-hydrogen) atoms. The minimum absolute atomic E-state index is 0.349. The third-order valence-electron chi connectivity index (χ3n) is 4.04. The molecule has 0 spiro atoms. The predicted octanol–water partition coefficient (Wildman–Crippen LogP) is 1.61. The van der Waals surface area contributed by atoms with Crippen LogP contribution in [-0.2, 0) is 10.0 Å². The Morgan fingerprint density at radius 3 is 2.46 bits per heavy atom. The number of hydrogen-bond acceptors (Lipinski definition) is 6. The molecule has 1 aliphatic heterocycles. The topological polar surface area (TPSA) is 70.8 Å². The van der Waals surface area contributed by atoms with Crippen molar-refractivity contribution in [2.75, 3.05) is 31.1 Å². The molecule has 1 aromatic carbocycles. The molecule has 0 unspecified atom stereocenters. The highest BCUT2D eigenvalue weighted by molar-refractivity contribution is 7.89. The fourth-order valence-corrected chi connectivity index (χ4v) is 5.21. The maximum atomic E-state index is 12.6. The summed E-state index contributed by atoms with van der Waals surface area (Å²) in [6.07, 6.45) is 1.89. The molecule has 0 aliphatic carbocycles. The molecule has 0 bridgehead atoms. The van der Waals surface area contributed by atoms with Gasteiger partial charge < -0.3 is 4.90 Å². The molecule has 9 heteroatoms. The van der Waals surface area contributed by atoms with Crippen LogP contribution in [0.4, 0.5) is 5.13 Å². The van der Waals surface area contributed by atoms with Gasteiger partial charge in [-0.05, 0) is 19.1 Å². The van der Waals surface area contributed by atoms with Crippen LogP contribution in [-0.4, -0.2) is 53.5 Å². The van der Waals surface area contributed by atoms with Gasteiger partial charge in [-0.15, -0.1) is 5.10 Å². The summed E-state index contributed by atoms with van der Waals surface area (Å²) in [6.45, 7) is 4.11. The highest BCUT2D eigenvalue weighted by atomic mass is 32.2. The highest BCUT2D eigenvalue weighted by Gasteiger charge is 2.29. The molecule has 1 aliphatic rings. The number of aryl methyl sites for hydroxylation is 1. The van der Waals surface area contributed by atoms with Crippen LogP contribution in [0.15, 0.2) is 41.4 Å². The average Bonchev–Trinajstić information content (AvgIpc) is 3.13. The van der Waals surface area contributed by atoms with Gasteiger partial charge in [0.2, 0.25) is 20.1 Å². The first kappa shape index (κ1) is 15.6. The molecule has 0 radical (unpaired) electrons. The first-order chi connectivity index (χ1) is 11.5. The van der Waals surface area contributed by atoms with Crippen LogP contribution < -0.4 is 4.90 Å². The van der Waals surface area contributed by atoms with E-state index in [9.17, 15) is 8.42 Å². The summed E-state index contributed by atoms with van der Waals surface area (Å²) in [5, 5.41) is 5.42. The van der Waals surface area contributed by atoms with Gasteiger partial charge in [0.1, 0.15) is 0 Å². The van der Waals surface area contributed by atoms with E-state index in [4.69, 9.17) is 0 Å². The van der Waals surface area contributed by atoms with E-state index < -0.39 is 10.0 Å². The summed E-state index contributed by atoms with van der Waals surface area (Å²) in [5.41, 5.74) is 0.944. The zero-order valence-electron chi connectivity index (χ0n) is 13.2. The van der Waals surface area contributed by atoms with Gasteiger partial charge in [-0.3, -0.25) is 0 Å². The lowest BCUT2D eigenvalue weighted by Gasteiger charge is -2.33. The molecule has 1 saturated heterocycles. The highest BCUT2D eigenvalue weighted by Crippen LogP contribution is 2.25. The van der Waals surface area contributed by atoms with Crippen molar-refractivity contribution < 1.29 is 8.42 Å². The Bertz CT molecular complexity index is 925. The van der Waals surface area contributed by atoms with Crippen molar-refractivity contribution in [3.05, 3.63) is 42.2 Å². The molecule has 3 aromatic rings. The van der Waals surface area contributed by atoms with Gasteiger partial charge in [0.25, 0.3) is 0 Å². The minimum atomic E-state index is -3.41. The molecule has 3 heterocycles. The summed E-state index contributed by atoms with van der Waals surface area (Å²) in [4.78, 5) is 7.74. The summed E-state index contributed by atoms with van der Waals surface area (Å²) >= 11 is 1.53. The number of aromatic nitrogens is 3. The molecule has 0 N–H and O–H groups in total. The van der Waals surface area contributed by atoms with Crippen molar-refractivity contribution in [3.8, 4) is 0 Å². The molecule has 0 atom stereocenters. The van der Waals surface area contributed by atoms with Crippen LogP contribution in [0.1, 0.15) is 5.69 Å². The zero-order chi connectivity index (χ0) is 16.7. The van der Waals surface area contributed by atoms with Crippen molar-refractivity contribution >= 4 is 31.5 Å². The molecule has 0 saturated carbocycles. The van der Waals surface area contributed by atoms with Crippen molar-refractivity contribution in [2.24, 2.45) is 0 Å². The Morgan fingerprint density at radius 1 is 1.08 bits per heavy atom. The van der Waals surface area contributed by atoms with E-state index in [-0.39, 0.29) is 0 Å². The number of anilines is 1. The number of imidazole rings is 1. The van der Waals surface area contributed by atoms with Gasteiger partial charge in [-0.1, -0.05) is 29.5 Å². The molecule has 0 amide bonds. The quantitative estimate of drug-likeness (QED) is 0.707. The third-order valence-corrected chi connectivity index (χ3v) is 6.94. The van der Waals surface area contributed by atoms with Gasteiger partial charge in [0, 0.05) is 26.2 Å². The molecular weight excluding hydrogens is 346 g/mol. The monoisotopic (exact) mass is 363 g/mol. The lowest BCUT2D eigenvalue weighted by atomic mass is 10.4. The van der Waals surface area contributed by atoms with Gasteiger partial charge >= 0.3 is 0 Å². The molecular formula is C15H17N5O2S2. The van der Waals surface area contributed by atoms with Gasteiger partial charge in [-0.2, -0.15) is 4.31 Å². The molecule has 1 fully saturated rings. The maximum Gasteiger partial charge on any atom is 0.243 e. The maximum absolute atomic E-state index is 12.6. The number of piperazine rings is 1. The smallest absolute Gasteiger partial charge is 0.243 e. The van der Waals surface area contributed by atoms with E-state index in [0.29, 0.717) is 31.1 Å². The summed E-state index contributed by atoms with van der Waals surface area (Å²) in [6, 6.07) is 8.59. The largest absolute Gasteiger partial charge is 0.344 e. The predicted molar refractivity (Wildman–Crippen MR) is 93.0 cm³/mol. The normalized spacial score (nSPS) is 16.8. The SMILES string of the molecule is Cc1cn2nc(N3CCN(S(=O)(=O)c4ccccc4)CC3)sc2n1. The molecule has 4 rings (SSSR count). The Kier molecular flexibility index (Phi) is 3.78. The molecule has 2 aromatic heterocycles. The first-order valence-corrected chi connectivity index (χ1v) is 9.93. The Labute approximate surface area is 144 Å². The molecule has 126 valence electrons. The van der Waals surface area contributed by atoms with Crippen LogP contribution in [0.2, 0.25) is 0 Å². The Hall–Kier alpha value is -1.97. The second kappa shape index (κ2) is 5.83. The van der Waals surface area contributed by atoms with Crippen LogP contribution in [0.3, 0.4) is 0 Å². The van der Waals surface area contributed by atoms with E-state index >= 15 is 0 Å². The fourth-order valence-electron chi connectivity index (χ4n) is 2.79. The van der Waals surface area contributed by atoms with E-state index in [1.54, 1.807) is 33.1 Å². The number of hydrogen-bond donors (Lipinski definition) is 0. The minimum Gasteiger partial charge on any atom is -0.344 e. The van der Waals surface area contributed by atoms with Crippen LogP contribution in [0.5, 0.6) is 0 Å². The van der Waals surface area contributed by atoms with Crippen LogP contribution >= 0.6 is 11.3 Å². The van der Waals surface area contributed by atoms with Crippen LogP contribution in [0, 0.1) is 6.92 Å². The van der Waals surface area contributed by atoms with Crippen molar-refractivity contribution in [1.82, 2.24) is 18.9 Å². The third kappa shape index (κ3) is 2.68. The zero-order valence-corrected chi connectivity index (χ0v) is 14.8. The number of benzene rings is 1. The second-order valence-electron chi connectivity index (χ2n) is 5.70. The standard InChI is InChI=1S/C15H17N5O2S2/c1-12-11-20-14(16-12)23-15(17-20)18-7-9-19(10-8-18)24(21,22)13-5-3-2-4-6-13/h2-6,11H,7-10H2,1H3. The lowest BCUT2D eigenvalue weighted by molar-refractivity contribution is 0.384. The van der Waals surface area contributed by atoms with Gasteiger partial charge in [0.15, 0.2) is 0 Å². The summed E-state index contributed by atoms with van der Waals surface area (Å²) in [5.74, 6) is 0. The summed E-state index contributed by atoms with van der Waals surface area (Å²) in [7, 11) is -3.41. The van der Waals surface area contributed by atoms with E-state index in [2.05, 4.69) is 15.0 Å². The van der Waals surface area contributed by atoms with E-state index in [1.807, 2.05) is 19.2 Å². The van der Waals surface area contributed by atoms with Gasteiger partial charge in [-0.25, -0.2) is 17.9 Å². The number of fused-ring (bicyclic) bond motifs is 1. The fraction of sp³-hybridized carbons (Fsp3) is 0.333. The van der Waals surface area contributed by atoms with E-state index in [1.165, 1.54) is 11.3 Å². The number of rotatable bonds is 3. The number of nitrogens with zero attached hydrogens (tertiary/aromatic N) is 5. The van der Waals surface area contributed by atoms with E-state index in [0.717, 1.165) is 15.8 Å². The van der Waals surface area contributed by atoms with Crippen molar-refractivity contribution in [3.63, 3.8) is 0 Å². The van der Waals surface area contributed by atoms with Crippen molar-refractivity contribution in [1.29, 1.82) is 0 Å². The van der Waals surface area contributed by atoms with Crippen molar-refractivity contribution in [2.45, 2.75) is 11.8 Å². The average molecular weight is 363 g/mol. The second-order valence-corrected chi connectivity index (χ2v) is 8.57. The van der Waals surface area contributed by atoms with Crippen LogP contribution in [0.25, 0.3) is 4.96 Å². The Morgan fingerprint density at radius 2 is 1.79 bits per heavy atom. The first-order valence-electron chi connectivity index (χ1n) is 7.67. The summed E-state index contributed by atoms with van der Waals surface area (Å²) < 4.78 is 28.6. The molecule has 7 nitrogen and oxygen atoms in total. The number of sulfonamides is 1. The van der Waals surface area contributed by atoms with Gasteiger partial charge in [0.05, 0.1) is 16.8 Å².